The molecule has 6 nitrogen and oxygen atoms in total. The van der Waals surface area contributed by atoms with Crippen LogP contribution in [0.4, 0.5) is 0 Å². The molecule has 0 bridgehead atoms. The average molecular weight is 241 g/mol. The zero-order chi connectivity index (χ0) is 12.5. The summed E-state index contributed by atoms with van der Waals surface area (Å²) in [6.07, 6.45) is 4.51. The summed E-state index contributed by atoms with van der Waals surface area (Å²) in [7, 11) is 0. The largest absolute Gasteiger partial charge is 0.411 e. The summed E-state index contributed by atoms with van der Waals surface area (Å²) in [5.74, 6) is 1.66. The summed E-state index contributed by atoms with van der Waals surface area (Å²) in [6.45, 7) is 3.72. The Balaban J connectivity index is 2.09. The fourth-order valence-electron chi connectivity index (χ4n) is 2.02. The molecule has 0 saturated carbocycles. The zero-order valence-electron chi connectivity index (χ0n) is 9.70. The van der Waals surface area contributed by atoms with Crippen LogP contribution < -0.4 is 0 Å². The van der Waals surface area contributed by atoms with E-state index < -0.39 is 24.3 Å². The number of fused-ring (bicyclic) bond motifs is 1. The molecule has 0 spiro atoms. The van der Waals surface area contributed by atoms with Crippen molar-refractivity contribution in [3.63, 3.8) is 0 Å². The van der Waals surface area contributed by atoms with Crippen molar-refractivity contribution in [2.45, 2.75) is 44.2 Å². The van der Waals surface area contributed by atoms with Crippen molar-refractivity contribution in [3.8, 4) is 12.3 Å². The van der Waals surface area contributed by atoms with E-state index in [2.05, 4.69) is 11.1 Å². The molecule has 0 amide bonds. The first-order valence-electron chi connectivity index (χ1n) is 5.31. The van der Waals surface area contributed by atoms with E-state index in [4.69, 9.17) is 30.6 Å². The molecule has 2 aliphatic heterocycles. The normalized spacial score (nSPS) is 39.4. The maximum absolute atomic E-state index is 8.55. The van der Waals surface area contributed by atoms with Crippen LogP contribution in [-0.4, -0.2) is 48.4 Å². The van der Waals surface area contributed by atoms with Gasteiger partial charge < -0.3 is 24.2 Å². The molecule has 2 aliphatic rings. The highest BCUT2D eigenvalue weighted by atomic mass is 16.8. The van der Waals surface area contributed by atoms with Gasteiger partial charge in [-0.05, 0) is 13.8 Å². The van der Waals surface area contributed by atoms with Crippen molar-refractivity contribution in [2.75, 3.05) is 6.61 Å². The second kappa shape index (κ2) is 4.63. The van der Waals surface area contributed by atoms with Crippen molar-refractivity contribution < 1.29 is 24.2 Å². The van der Waals surface area contributed by atoms with Gasteiger partial charge >= 0.3 is 0 Å². The number of nitrogens with zero attached hydrogens (tertiary/aromatic N) is 1. The van der Waals surface area contributed by atoms with Crippen LogP contribution in [0.15, 0.2) is 5.16 Å². The standard InChI is InChI=1S/C11H15NO5/c1-4-5-14-8-7(6-12-13)15-10-9(8)16-11(2,3)17-10/h1,6-10,13H,5H2,2-3H3/b12-6+/t7-,8+,9-,10-/m1/s1. The van der Waals surface area contributed by atoms with Gasteiger partial charge in [0.25, 0.3) is 0 Å². The fourth-order valence-corrected chi connectivity index (χ4v) is 2.02. The molecular formula is C11H15NO5. The molecule has 6 heteroatoms. The second-order valence-corrected chi connectivity index (χ2v) is 4.31. The van der Waals surface area contributed by atoms with E-state index in [0.29, 0.717) is 0 Å². The Morgan fingerprint density at radius 1 is 1.53 bits per heavy atom. The summed E-state index contributed by atoms with van der Waals surface area (Å²) < 4.78 is 22.2. The van der Waals surface area contributed by atoms with E-state index in [1.807, 2.05) is 0 Å². The second-order valence-electron chi connectivity index (χ2n) is 4.31. The monoisotopic (exact) mass is 241 g/mol. The van der Waals surface area contributed by atoms with Crippen LogP contribution in [0.5, 0.6) is 0 Å². The van der Waals surface area contributed by atoms with Gasteiger partial charge in [-0.25, -0.2) is 0 Å². The highest BCUT2D eigenvalue weighted by Gasteiger charge is 2.55. The van der Waals surface area contributed by atoms with E-state index in [-0.39, 0.29) is 12.7 Å². The Bertz CT molecular complexity index is 348. The molecule has 94 valence electrons. The predicted octanol–water partition coefficient (Wildman–Crippen LogP) is 0.341. The Morgan fingerprint density at radius 2 is 2.29 bits per heavy atom. The van der Waals surface area contributed by atoms with Gasteiger partial charge in [0.05, 0.1) is 6.21 Å². The molecule has 0 radical (unpaired) electrons. The molecule has 2 fully saturated rings. The molecule has 0 aromatic carbocycles. The van der Waals surface area contributed by atoms with E-state index in [9.17, 15) is 0 Å². The van der Waals surface area contributed by atoms with Crippen LogP contribution in [0.3, 0.4) is 0 Å². The first-order valence-corrected chi connectivity index (χ1v) is 5.31. The van der Waals surface area contributed by atoms with Crippen molar-refractivity contribution in [2.24, 2.45) is 5.16 Å². The van der Waals surface area contributed by atoms with Crippen molar-refractivity contribution in [1.29, 1.82) is 0 Å². The maximum atomic E-state index is 8.55. The van der Waals surface area contributed by atoms with Gasteiger partial charge in [-0.3, -0.25) is 0 Å². The lowest BCUT2D eigenvalue weighted by atomic mass is 10.1. The van der Waals surface area contributed by atoms with Crippen molar-refractivity contribution in [1.82, 2.24) is 0 Å². The minimum absolute atomic E-state index is 0.136. The molecule has 4 atom stereocenters. The number of terminal acetylenes is 1. The molecule has 0 aliphatic carbocycles. The molecular weight excluding hydrogens is 226 g/mol. The number of hydrogen-bond donors (Lipinski definition) is 1. The Hall–Kier alpha value is -1.13. The topological polar surface area (TPSA) is 69.5 Å². The number of hydrogen-bond acceptors (Lipinski definition) is 6. The highest BCUT2D eigenvalue weighted by Crippen LogP contribution is 2.38. The molecule has 0 unspecified atom stereocenters. The van der Waals surface area contributed by atoms with Gasteiger partial charge in [-0.15, -0.1) is 6.42 Å². The number of rotatable bonds is 3. The third-order valence-electron chi connectivity index (χ3n) is 2.60. The van der Waals surface area contributed by atoms with Gasteiger partial charge in [0.2, 0.25) is 0 Å². The molecule has 2 rings (SSSR count). The zero-order valence-corrected chi connectivity index (χ0v) is 9.70. The average Bonchev–Trinajstić information content (AvgIpc) is 2.68. The lowest BCUT2D eigenvalue weighted by molar-refractivity contribution is -0.208. The Morgan fingerprint density at radius 3 is 2.94 bits per heavy atom. The van der Waals surface area contributed by atoms with E-state index in [1.165, 1.54) is 6.21 Å². The smallest absolute Gasteiger partial charge is 0.190 e. The van der Waals surface area contributed by atoms with E-state index >= 15 is 0 Å². The predicted molar refractivity (Wildman–Crippen MR) is 57.5 cm³/mol. The van der Waals surface area contributed by atoms with Crippen LogP contribution in [0, 0.1) is 12.3 Å². The Labute approximate surface area is 99.5 Å². The summed E-state index contributed by atoms with van der Waals surface area (Å²) in [5, 5.41) is 11.5. The molecule has 0 aromatic heterocycles. The van der Waals surface area contributed by atoms with Gasteiger partial charge in [-0.1, -0.05) is 11.1 Å². The summed E-state index contributed by atoms with van der Waals surface area (Å²) in [4.78, 5) is 0. The third-order valence-corrected chi connectivity index (χ3v) is 2.60. The maximum Gasteiger partial charge on any atom is 0.190 e. The first kappa shape index (κ1) is 12.3. The van der Waals surface area contributed by atoms with Crippen LogP contribution in [-0.2, 0) is 18.9 Å². The highest BCUT2D eigenvalue weighted by molar-refractivity contribution is 5.64. The van der Waals surface area contributed by atoms with Gasteiger partial charge in [0, 0.05) is 0 Å². The van der Waals surface area contributed by atoms with Crippen LogP contribution in [0.25, 0.3) is 0 Å². The molecule has 2 saturated heterocycles. The molecule has 1 N–H and O–H groups in total. The van der Waals surface area contributed by atoms with Gasteiger partial charge in [0.1, 0.15) is 24.9 Å². The van der Waals surface area contributed by atoms with Gasteiger partial charge in [-0.2, -0.15) is 0 Å². The first-order chi connectivity index (χ1) is 8.07. The van der Waals surface area contributed by atoms with Gasteiger partial charge in [0.15, 0.2) is 12.1 Å². The minimum Gasteiger partial charge on any atom is -0.411 e. The van der Waals surface area contributed by atoms with Crippen LogP contribution in [0.1, 0.15) is 13.8 Å². The SMILES string of the molecule is C#CCO[C@@H]1[C@H]2OC(C)(C)O[C@H]2O[C@@H]1/C=N/O. The third kappa shape index (κ3) is 2.42. The van der Waals surface area contributed by atoms with Crippen LogP contribution >= 0.6 is 0 Å². The van der Waals surface area contributed by atoms with Crippen molar-refractivity contribution in [3.05, 3.63) is 0 Å². The van der Waals surface area contributed by atoms with Crippen LogP contribution in [0.2, 0.25) is 0 Å². The van der Waals surface area contributed by atoms with E-state index in [1.54, 1.807) is 13.8 Å². The van der Waals surface area contributed by atoms with E-state index in [0.717, 1.165) is 0 Å². The lowest BCUT2D eigenvalue weighted by Gasteiger charge is -2.23. The summed E-state index contributed by atoms with van der Waals surface area (Å²) in [6, 6.07) is 0. The minimum atomic E-state index is -0.714. The molecule has 0 aromatic rings. The Kier molecular flexibility index (Phi) is 3.35. The molecule has 2 heterocycles. The number of oxime groups is 1. The summed E-state index contributed by atoms with van der Waals surface area (Å²) >= 11 is 0. The molecule has 17 heavy (non-hydrogen) atoms. The lowest BCUT2D eigenvalue weighted by Crippen LogP contribution is -2.37. The summed E-state index contributed by atoms with van der Waals surface area (Å²) in [5.41, 5.74) is 0. The quantitative estimate of drug-likeness (QED) is 0.334. The fraction of sp³-hybridized carbons (Fsp3) is 0.727. The number of ether oxygens (including phenoxy) is 4. The van der Waals surface area contributed by atoms with Crippen molar-refractivity contribution >= 4 is 6.21 Å².